The van der Waals surface area contributed by atoms with Gasteiger partial charge in [0.15, 0.2) is 11.6 Å². The van der Waals surface area contributed by atoms with Gasteiger partial charge in [-0.2, -0.15) is 9.97 Å². The Bertz CT molecular complexity index is 2320. The zero-order chi connectivity index (χ0) is 29.0. The molecular weight excluding hydrogens is 538 g/mol. The molecular formula is C39H27N5. The summed E-state index contributed by atoms with van der Waals surface area (Å²) in [5.74, 6) is 1.89. The van der Waals surface area contributed by atoms with Crippen LogP contribution >= 0.6 is 0 Å². The minimum absolute atomic E-state index is 0.598. The third kappa shape index (κ3) is 3.83. The largest absolute Gasteiger partial charge is 0.310 e. The van der Waals surface area contributed by atoms with Crippen molar-refractivity contribution in [2.24, 2.45) is 0 Å². The van der Waals surface area contributed by atoms with Gasteiger partial charge >= 0.3 is 0 Å². The quantitative estimate of drug-likeness (QED) is 0.214. The molecule has 9 rings (SSSR count). The van der Waals surface area contributed by atoms with Gasteiger partial charge in [0.1, 0.15) is 0 Å². The van der Waals surface area contributed by atoms with Crippen LogP contribution in [0.25, 0.3) is 73.2 Å². The second-order valence-corrected chi connectivity index (χ2v) is 11.2. The smallest absolute Gasteiger partial charge is 0.238 e. The van der Waals surface area contributed by atoms with E-state index in [1.54, 1.807) is 0 Å². The van der Waals surface area contributed by atoms with E-state index in [1.165, 1.54) is 22.2 Å². The fourth-order valence-electron chi connectivity index (χ4n) is 6.68. The lowest BCUT2D eigenvalue weighted by atomic mass is 10.0. The second-order valence-electron chi connectivity index (χ2n) is 11.2. The zero-order valence-corrected chi connectivity index (χ0v) is 23.9. The first-order valence-electron chi connectivity index (χ1n) is 15.0. The molecule has 0 bridgehead atoms. The Kier molecular flexibility index (Phi) is 5.56. The van der Waals surface area contributed by atoms with E-state index < -0.39 is 0 Å². The molecule has 1 aliphatic carbocycles. The number of hydrogen-bond donors (Lipinski definition) is 0. The van der Waals surface area contributed by atoms with Gasteiger partial charge in [0.25, 0.3) is 0 Å². The van der Waals surface area contributed by atoms with E-state index >= 15 is 0 Å². The van der Waals surface area contributed by atoms with Crippen molar-refractivity contribution in [2.45, 2.75) is 12.8 Å². The van der Waals surface area contributed by atoms with Gasteiger partial charge in [-0.3, -0.25) is 4.57 Å². The third-order valence-corrected chi connectivity index (χ3v) is 8.66. The van der Waals surface area contributed by atoms with Gasteiger partial charge in [-0.1, -0.05) is 109 Å². The molecule has 5 nitrogen and oxygen atoms in total. The zero-order valence-electron chi connectivity index (χ0n) is 23.9. The minimum Gasteiger partial charge on any atom is -0.310 e. The number of allylic oxidation sites excluding steroid dienone is 1. The van der Waals surface area contributed by atoms with Crippen molar-refractivity contribution in [1.29, 1.82) is 0 Å². The number of aromatic nitrogens is 5. The van der Waals surface area contributed by atoms with Crippen LogP contribution < -0.4 is 0 Å². The van der Waals surface area contributed by atoms with E-state index in [1.807, 2.05) is 60.7 Å². The van der Waals surface area contributed by atoms with Crippen LogP contribution in [-0.2, 0) is 6.42 Å². The molecule has 0 fully saturated rings. The Hall–Kier alpha value is -5.81. The molecule has 0 saturated heterocycles. The number of aryl methyl sites for hydroxylation is 1. The van der Waals surface area contributed by atoms with Crippen molar-refractivity contribution in [3.63, 3.8) is 0 Å². The lowest BCUT2D eigenvalue weighted by molar-refractivity contribution is 0.951. The maximum Gasteiger partial charge on any atom is 0.238 e. The standard InChI is InChI=1S/C39H27N5/c1-3-13-26(14-4-1)37-40-38(27-15-5-2-6-16-27)42-39(41-37)44-35-22-12-9-19-31(35)32-24-23-28(25-36(32)44)43-33-20-10-7-17-29(33)30-18-8-11-21-34(30)43/h1-7,9-17,19-25H,8,18H2. The van der Waals surface area contributed by atoms with E-state index in [0.717, 1.165) is 51.5 Å². The summed E-state index contributed by atoms with van der Waals surface area (Å²) < 4.78 is 4.60. The molecule has 3 heterocycles. The SMILES string of the molecule is C1=Cc2c(c3ccccc3n2-c2ccc3c4ccccc4n(-c4nc(-c5ccccc5)nc(-c5ccccc5)n4)c3c2)CC1. The summed E-state index contributed by atoms with van der Waals surface area (Å²) in [5, 5.41) is 3.65. The van der Waals surface area contributed by atoms with Crippen LogP contribution in [-0.4, -0.2) is 24.1 Å². The summed E-state index contributed by atoms with van der Waals surface area (Å²) >= 11 is 0. The van der Waals surface area contributed by atoms with Crippen LogP contribution in [0, 0.1) is 0 Å². The maximum absolute atomic E-state index is 5.11. The van der Waals surface area contributed by atoms with Gasteiger partial charge in [0, 0.05) is 38.7 Å². The van der Waals surface area contributed by atoms with E-state index in [9.17, 15) is 0 Å². The topological polar surface area (TPSA) is 48.5 Å². The predicted molar refractivity (Wildman–Crippen MR) is 179 cm³/mol. The van der Waals surface area contributed by atoms with Gasteiger partial charge in [-0.25, -0.2) is 4.98 Å². The molecule has 5 aromatic carbocycles. The lowest BCUT2D eigenvalue weighted by Gasteiger charge is -2.14. The number of benzene rings is 5. The van der Waals surface area contributed by atoms with E-state index in [4.69, 9.17) is 15.0 Å². The average Bonchev–Trinajstić information content (AvgIpc) is 3.61. The molecule has 8 aromatic rings. The summed E-state index contributed by atoms with van der Waals surface area (Å²) in [4.78, 5) is 15.2. The number of hydrogen-bond acceptors (Lipinski definition) is 3. The highest BCUT2D eigenvalue weighted by Crippen LogP contribution is 2.37. The minimum atomic E-state index is 0.598. The molecule has 0 spiro atoms. The van der Waals surface area contributed by atoms with Crippen molar-refractivity contribution in [3.8, 4) is 34.4 Å². The molecule has 0 unspecified atom stereocenters. The highest BCUT2D eigenvalue weighted by molar-refractivity contribution is 6.09. The first kappa shape index (κ1) is 24.8. The molecule has 0 radical (unpaired) electrons. The lowest BCUT2D eigenvalue weighted by Crippen LogP contribution is -2.07. The molecule has 1 aliphatic rings. The van der Waals surface area contributed by atoms with Crippen LogP contribution in [0.5, 0.6) is 0 Å². The van der Waals surface area contributed by atoms with Gasteiger partial charge in [-0.05, 0) is 48.7 Å². The van der Waals surface area contributed by atoms with Crippen LogP contribution in [0.1, 0.15) is 17.7 Å². The summed E-state index contributed by atoms with van der Waals surface area (Å²) in [7, 11) is 0. The predicted octanol–water partition coefficient (Wildman–Crippen LogP) is 9.21. The Morgan fingerprint density at radius 2 is 1.09 bits per heavy atom. The molecule has 0 aliphatic heterocycles. The highest BCUT2D eigenvalue weighted by Gasteiger charge is 2.21. The molecule has 0 saturated carbocycles. The van der Waals surface area contributed by atoms with Crippen LogP contribution in [0.2, 0.25) is 0 Å². The highest BCUT2D eigenvalue weighted by atomic mass is 15.2. The van der Waals surface area contributed by atoms with E-state index in [-0.39, 0.29) is 0 Å². The first-order chi connectivity index (χ1) is 21.8. The Morgan fingerprint density at radius 3 is 1.80 bits per heavy atom. The molecule has 208 valence electrons. The molecule has 0 N–H and O–H groups in total. The van der Waals surface area contributed by atoms with Crippen molar-refractivity contribution in [1.82, 2.24) is 24.1 Å². The van der Waals surface area contributed by atoms with Crippen molar-refractivity contribution < 1.29 is 0 Å². The second kappa shape index (κ2) is 9.89. The number of nitrogens with zero attached hydrogens (tertiary/aromatic N) is 5. The summed E-state index contributed by atoms with van der Waals surface area (Å²) in [6, 6.07) is 44.3. The average molecular weight is 566 g/mol. The van der Waals surface area contributed by atoms with E-state index in [2.05, 4.69) is 88.0 Å². The Labute approximate surface area is 254 Å². The Balaban J connectivity index is 1.35. The number of fused-ring (bicyclic) bond motifs is 6. The molecule has 0 amide bonds. The van der Waals surface area contributed by atoms with E-state index in [0.29, 0.717) is 17.6 Å². The van der Waals surface area contributed by atoms with Gasteiger partial charge < -0.3 is 4.57 Å². The van der Waals surface area contributed by atoms with Crippen LogP contribution in [0.3, 0.4) is 0 Å². The summed E-state index contributed by atoms with van der Waals surface area (Å²) in [6.07, 6.45) is 6.69. The fourth-order valence-corrected chi connectivity index (χ4v) is 6.68. The van der Waals surface area contributed by atoms with Crippen LogP contribution in [0.15, 0.2) is 133 Å². The number of rotatable bonds is 4. The monoisotopic (exact) mass is 565 g/mol. The fraction of sp³-hybridized carbons (Fsp3) is 0.0513. The molecule has 0 atom stereocenters. The van der Waals surface area contributed by atoms with Gasteiger partial charge in [-0.15, -0.1) is 0 Å². The van der Waals surface area contributed by atoms with Crippen molar-refractivity contribution in [2.75, 3.05) is 0 Å². The van der Waals surface area contributed by atoms with Crippen molar-refractivity contribution >= 4 is 38.8 Å². The first-order valence-corrected chi connectivity index (χ1v) is 15.0. The normalized spacial score (nSPS) is 12.7. The molecule has 5 heteroatoms. The molecule has 3 aromatic heterocycles. The summed E-state index contributed by atoms with van der Waals surface area (Å²) in [5.41, 5.74) is 9.04. The maximum atomic E-state index is 5.11. The Morgan fingerprint density at radius 1 is 0.500 bits per heavy atom. The summed E-state index contributed by atoms with van der Waals surface area (Å²) in [6.45, 7) is 0. The van der Waals surface area contributed by atoms with Crippen LogP contribution in [0.4, 0.5) is 0 Å². The van der Waals surface area contributed by atoms with Gasteiger partial charge in [0.05, 0.1) is 16.6 Å². The third-order valence-electron chi connectivity index (χ3n) is 8.66. The van der Waals surface area contributed by atoms with Gasteiger partial charge in [0.2, 0.25) is 5.95 Å². The number of para-hydroxylation sites is 2. The van der Waals surface area contributed by atoms with Crippen molar-refractivity contribution in [3.05, 3.63) is 145 Å². The molecule has 44 heavy (non-hydrogen) atoms.